The van der Waals surface area contributed by atoms with Gasteiger partial charge in [0.05, 0.1) is 12.9 Å². The molecule has 0 amide bonds. The molecule has 0 N–H and O–H groups in total. The van der Waals surface area contributed by atoms with E-state index in [2.05, 4.69) is 4.74 Å². The summed E-state index contributed by atoms with van der Waals surface area (Å²) in [6.07, 6.45) is 0.460. The fraction of sp³-hybridized carbons (Fsp3) is 0.385. The van der Waals surface area contributed by atoms with Gasteiger partial charge in [0.1, 0.15) is 5.92 Å². The van der Waals surface area contributed by atoms with E-state index < -0.39 is 11.9 Å². The third-order valence-corrected chi connectivity index (χ3v) is 3.71. The zero-order valence-corrected chi connectivity index (χ0v) is 11.9. The molecular formula is C13H15ClO3S. The lowest BCUT2D eigenvalue weighted by atomic mass is 10.0. The minimum atomic E-state index is -0.665. The molecule has 3 nitrogen and oxygen atoms in total. The van der Waals surface area contributed by atoms with E-state index in [-0.39, 0.29) is 11.5 Å². The Morgan fingerprint density at radius 1 is 1.44 bits per heavy atom. The predicted molar refractivity (Wildman–Crippen MR) is 73.0 cm³/mol. The van der Waals surface area contributed by atoms with Crippen molar-refractivity contribution >= 4 is 35.1 Å². The van der Waals surface area contributed by atoms with Crippen LogP contribution in [0.2, 0.25) is 5.02 Å². The monoisotopic (exact) mass is 286 g/mol. The number of carbonyl (C=O) groups excluding carboxylic acids is 2. The van der Waals surface area contributed by atoms with Gasteiger partial charge in [0.15, 0.2) is 5.78 Å². The van der Waals surface area contributed by atoms with E-state index in [0.29, 0.717) is 11.4 Å². The van der Waals surface area contributed by atoms with E-state index in [1.807, 2.05) is 12.1 Å². The maximum absolute atomic E-state index is 11.9. The van der Waals surface area contributed by atoms with Crippen LogP contribution in [0.5, 0.6) is 0 Å². The Balaban J connectivity index is 2.57. The Hall–Kier alpha value is -1.00. The summed E-state index contributed by atoms with van der Waals surface area (Å²) < 4.78 is 4.61. The van der Waals surface area contributed by atoms with Crippen LogP contribution in [0.15, 0.2) is 29.2 Å². The highest BCUT2D eigenvalue weighted by Crippen LogP contribution is 2.23. The standard InChI is InChI=1S/C13H15ClO3S/c1-3-11(13(16)17-2)12(15)8-18-10-6-4-5-9(14)7-10/h4-7,11H,3,8H2,1-2H3. The Morgan fingerprint density at radius 3 is 2.72 bits per heavy atom. The summed E-state index contributed by atoms with van der Waals surface area (Å²) >= 11 is 7.22. The van der Waals surface area contributed by atoms with Crippen LogP contribution in [-0.4, -0.2) is 24.6 Å². The third-order valence-electron chi connectivity index (χ3n) is 2.46. The van der Waals surface area contributed by atoms with Gasteiger partial charge in [-0.25, -0.2) is 0 Å². The highest BCUT2D eigenvalue weighted by Gasteiger charge is 2.25. The number of esters is 1. The Labute approximate surface area is 116 Å². The Bertz CT molecular complexity index is 434. The summed E-state index contributed by atoms with van der Waals surface area (Å²) in [5.74, 6) is -1.00. The van der Waals surface area contributed by atoms with Crippen molar-refractivity contribution in [3.63, 3.8) is 0 Å². The quantitative estimate of drug-likeness (QED) is 0.458. The lowest BCUT2D eigenvalue weighted by molar-refractivity contribution is -0.148. The Morgan fingerprint density at radius 2 is 2.17 bits per heavy atom. The fourth-order valence-electron chi connectivity index (χ4n) is 1.48. The van der Waals surface area contributed by atoms with Gasteiger partial charge in [-0.3, -0.25) is 9.59 Å². The molecule has 0 aliphatic carbocycles. The third kappa shape index (κ3) is 4.35. The number of hydrogen-bond donors (Lipinski definition) is 0. The van der Waals surface area contributed by atoms with Crippen LogP contribution in [0.3, 0.4) is 0 Å². The number of ether oxygens (including phenoxy) is 1. The molecule has 5 heteroatoms. The van der Waals surface area contributed by atoms with E-state index >= 15 is 0 Å². The van der Waals surface area contributed by atoms with Gasteiger partial charge < -0.3 is 4.74 Å². The lowest BCUT2D eigenvalue weighted by Crippen LogP contribution is -2.26. The molecule has 1 rings (SSSR count). The normalized spacial score (nSPS) is 11.9. The summed E-state index contributed by atoms with van der Waals surface area (Å²) in [7, 11) is 1.29. The second kappa shape index (κ2) is 7.44. The van der Waals surface area contributed by atoms with Crippen molar-refractivity contribution in [3.8, 4) is 0 Å². The number of thioether (sulfide) groups is 1. The van der Waals surface area contributed by atoms with Crippen LogP contribution in [0.4, 0.5) is 0 Å². The average Bonchev–Trinajstić information content (AvgIpc) is 2.37. The number of methoxy groups -OCH3 is 1. The van der Waals surface area contributed by atoms with Crippen LogP contribution in [0.1, 0.15) is 13.3 Å². The van der Waals surface area contributed by atoms with E-state index in [4.69, 9.17) is 11.6 Å². The molecule has 0 aliphatic heterocycles. The van der Waals surface area contributed by atoms with Crippen LogP contribution in [-0.2, 0) is 14.3 Å². The number of ketones is 1. The number of benzene rings is 1. The largest absolute Gasteiger partial charge is 0.468 e. The molecule has 0 aromatic heterocycles. The van der Waals surface area contributed by atoms with Gasteiger partial charge in [0, 0.05) is 9.92 Å². The van der Waals surface area contributed by atoms with Crippen molar-refractivity contribution in [1.29, 1.82) is 0 Å². The predicted octanol–water partition coefficient (Wildman–Crippen LogP) is 3.20. The summed E-state index contributed by atoms with van der Waals surface area (Å²) in [5, 5.41) is 0.632. The first kappa shape index (κ1) is 15.1. The maximum Gasteiger partial charge on any atom is 0.316 e. The van der Waals surface area contributed by atoms with Crippen molar-refractivity contribution in [2.24, 2.45) is 5.92 Å². The fourth-order valence-corrected chi connectivity index (χ4v) is 2.63. The van der Waals surface area contributed by atoms with Gasteiger partial charge in [-0.1, -0.05) is 24.6 Å². The first-order valence-electron chi connectivity index (χ1n) is 5.57. The van der Waals surface area contributed by atoms with Crippen molar-refractivity contribution in [3.05, 3.63) is 29.3 Å². The molecule has 0 aliphatic rings. The highest BCUT2D eigenvalue weighted by molar-refractivity contribution is 8.00. The molecule has 1 aromatic carbocycles. The van der Waals surface area contributed by atoms with E-state index in [0.717, 1.165) is 4.90 Å². The molecule has 0 fully saturated rings. The Kier molecular flexibility index (Phi) is 6.22. The second-order valence-corrected chi connectivity index (χ2v) is 5.18. The molecule has 98 valence electrons. The van der Waals surface area contributed by atoms with Gasteiger partial charge in [0.25, 0.3) is 0 Å². The second-order valence-electron chi connectivity index (χ2n) is 3.70. The molecule has 1 unspecified atom stereocenters. The summed E-state index contributed by atoms with van der Waals surface area (Å²) in [6, 6.07) is 7.27. The van der Waals surface area contributed by atoms with Gasteiger partial charge in [-0.15, -0.1) is 11.8 Å². The molecule has 1 aromatic rings. The number of hydrogen-bond acceptors (Lipinski definition) is 4. The number of rotatable bonds is 6. The number of halogens is 1. The molecule has 0 radical (unpaired) electrons. The molecule has 0 saturated carbocycles. The first-order chi connectivity index (χ1) is 8.58. The minimum Gasteiger partial charge on any atom is -0.468 e. The van der Waals surface area contributed by atoms with Gasteiger partial charge in [-0.2, -0.15) is 0 Å². The zero-order valence-electron chi connectivity index (χ0n) is 10.3. The summed E-state index contributed by atoms with van der Waals surface area (Å²) in [5.41, 5.74) is 0. The number of Topliss-reactive ketones (excluding diaryl/α,β-unsaturated/α-hetero) is 1. The van der Waals surface area contributed by atoms with E-state index in [1.165, 1.54) is 18.9 Å². The first-order valence-corrected chi connectivity index (χ1v) is 6.93. The van der Waals surface area contributed by atoms with Crippen molar-refractivity contribution in [2.75, 3.05) is 12.9 Å². The van der Waals surface area contributed by atoms with Crippen LogP contribution >= 0.6 is 23.4 Å². The molecule has 0 saturated heterocycles. The van der Waals surface area contributed by atoms with Crippen LogP contribution in [0, 0.1) is 5.92 Å². The van der Waals surface area contributed by atoms with Gasteiger partial charge in [0.2, 0.25) is 0 Å². The summed E-state index contributed by atoms with van der Waals surface area (Å²) in [6.45, 7) is 1.80. The molecule has 1 atom stereocenters. The zero-order chi connectivity index (χ0) is 13.5. The topological polar surface area (TPSA) is 43.4 Å². The molecule has 0 bridgehead atoms. The average molecular weight is 287 g/mol. The summed E-state index contributed by atoms with van der Waals surface area (Å²) in [4.78, 5) is 24.2. The minimum absolute atomic E-state index is 0.116. The van der Waals surface area contributed by atoms with Gasteiger partial charge in [-0.05, 0) is 24.6 Å². The van der Waals surface area contributed by atoms with Gasteiger partial charge >= 0.3 is 5.97 Å². The SMILES string of the molecule is CCC(C(=O)CSc1cccc(Cl)c1)C(=O)OC. The number of carbonyl (C=O) groups is 2. The van der Waals surface area contributed by atoms with Crippen LogP contribution in [0.25, 0.3) is 0 Å². The van der Waals surface area contributed by atoms with Crippen molar-refractivity contribution in [1.82, 2.24) is 0 Å². The van der Waals surface area contributed by atoms with E-state index in [1.54, 1.807) is 19.1 Å². The molecule has 0 spiro atoms. The van der Waals surface area contributed by atoms with Crippen LogP contribution < -0.4 is 0 Å². The molecule has 0 heterocycles. The van der Waals surface area contributed by atoms with Crippen molar-refractivity contribution in [2.45, 2.75) is 18.2 Å². The molecular weight excluding hydrogens is 272 g/mol. The highest BCUT2D eigenvalue weighted by atomic mass is 35.5. The van der Waals surface area contributed by atoms with Crippen molar-refractivity contribution < 1.29 is 14.3 Å². The van der Waals surface area contributed by atoms with E-state index in [9.17, 15) is 9.59 Å². The molecule has 18 heavy (non-hydrogen) atoms. The lowest BCUT2D eigenvalue weighted by Gasteiger charge is -2.10. The maximum atomic E-state index is 11.9. The smallest absolute Gasteiger partial charge is 0.316 e.